The monoisotopic (exact) mass is 326 g/mol. The molecule has 19 heavy (non-hydrogen) atoms. The molecular formula is C15H19BrO3. The van der Waals surface area contributed by atoms with Crippen molar-refractivity contribution in [3.8, 4) is 5.75 Å². The Hall–Kier alpha value is -0.580. The van der Waals surface area contributed by atoms with Crippen LogP contribution in [0.3, 0.4) is 0 Å². The highest BCUT2D eigenvalue weighted by molar-refractivity contribution is 9.10. The third-order valence-electron chi connectivity index (χ3n) is 3.91. The van der Waals surface area contributed by atoms with Crippen LogP contribution in [0.2, 0.25) is 0 Å². The van der Waals surface area contributed by atoms with Crippen LogP contribution < -0.4 is 4.74 Å². The Bertz CT molecular complexity index is 455. The number of benzene rings is 1. The predicted molar refractivity (Wildman–Crippen MR) is 76.6 cm³/mol. The molecule has 104 valence electrons. The second kappa shape index (κ2) is 5.81. The van der Waals surface area contributed by atoms with Crippen molar-refractivity contribution in [3.63, 3.8) is 0 Å². The van der Waals surface area contributed by atoms with Crippen LogP contribution in [-0.4, -0.2) is 31.0 Å². The zero-order valence-corrected chi connectivity index (χ0v) is 12.5. The first-order chi connectivity index (χ1) is 9.22. The molecule has 2 aliphatic heterocycles. The SMILES string of the molecule is OC(Cc1cc(Br)cc2c1OCC2)CC1CCOC1. The zero-order chi connectivity index (χ0) is 13.2. The summed E-state index contributed by atoms with van der Waals surface area (Å²) in [4.78, 5) is 0. The van der Waals surface area contributed by atoms with Gasteiger partial charge in [-0.05, 0) is 42.0 Å². The topological polar surface area (TPSA) is 38.7 Å². The number of hydrogen-bond acceptors (Lipinski definition) is 3. The normalized spacial score (nSPS) is 23.2. The lowest BCUT2D eigenvalue weighted by atomic mass is 9.95. The van der Waals surface area contributed by atoms with Gasteiger partial charge in [-0.3, -0.25) is 0 Å². The van der Waals surface area contributed by atoms with Gasteiger partial charge in [0.25, 0.3) is 0 Å². The van der Waals surface area contributed by atoms with E-state index < -0.39 is 0 Å². The molecule has 2 heterocycles. The fourth-order valence-corrected chi connectivity index (χ4v) is 3.54. The summed E-state index contributed by atoms with van der Waals surface area (Å²) < 4.78 is 12.1. The van der Waals surface area contributed by atoms with Crippen molar-refractivity contribution >= 4 is 15.9 Å². The molecule has 2 aliphatic rings. The maximum absolute atomic E-state index is 10.3. The molecule has 1 saturated heterocycles. The van der Waals surface area contributed by atoms with Crippen LogP contribution in [0.4, 0.5) is 0 Å². The molecule has 3 nitrogen and oxygen atoms in total. The van der Waals surface area contributed by atoms with Gasteiger partial charge in [0.2, 0.25) is 0 Å². The molecule has 0 bridgehead atoms. The highest BCUT2D eigenvalue weighted by Crippen LogP contribution is 2.34. The lowest BCUT2D eigenvalue weighted by molar-refractivity contribution is 0.128. The summed E-state index contributed by atoms with van der Waals surface area (Å²) in [5, 5.41) is 10.3. The summed E-state index contributed by atoms with van der Waals surface area (Å²) in [7, 11) is 0. The fourth-order valence-electron chi connectivity index (χ4n) is 2.99. The Morgan fingerprint density at radius 3 is 3.05 bits per heavy atom. The van der Waals surface area contributed by atoms with Crippen LogP contribution in [0.1, 0.15) is 24.0 Å². The highest BCUT2D eigenvalue weighted by atomic mass is 79.9. The summed E-state index contributed by atoms with van der Waals surface area (Å²) in [6, 6.07) is 4.18. The van der Waals surface area contributed by atoms with E-state index in [0.29, 0.717) is 12.3 Å². The van der Waals surface area contributed by atoms with Crippen molar-refractivity contribution < 1.29 is 14.6 Å². The van der Waals surface area contributed by atoms with Gasteiger partial charge >= 0.3 is 0 Å². The molecule has 1 fully saturated rings. The molecule has 4 heteroatoms. The number of rotatable bonds is 4. The summed E-state index contributed by atoms with van der Waals surface area (Å²) >= 11 is 3.54. The van der Waals surface area contributed by atoms with E-state index in [0.717, 1.165) is 54.9 Å². The molecule has 2 atom stereocenters. The van der Waals surface area contributed by atoms with E-state index >= 15 is 0 Å². The van der Waals surface area contributed by atoms with Gasteiger partial charge in [-0.2, -0.15) is 0 Å². The van der Waals surface area contributed by atoms with Crippen LogP contribution in [0.5, 0.6) is 5.75 Å². The number of aliphatic hydroxyl groups is 1. The molecule has 1 N–H and O–H groups in total. The summed E-state index contributed by atoms with van der Waals surface area (Å²) in [5.74, 6) is 1.50. The number of fused-ring (bicyclic) bond motifs is 1. The lowest BCUT2D eigenvalue weighted by Gasteiger charge is -2.16. The molecule has 0 saturated carbocycles. The smallest absolute Gasteiger partial charge is 0.125 e. The quantitative estimate of drug-likeness (QED) is 0.924. The molecule has 1 aromatic rings. The number of aliphatic hydroxyl groups excluding tert-OH is 1. The summed E-state index contributed by atoms with van der Waals surface area (Å²) in [6.45, 7) is 2.39. The van der Waals surface area contributed by atoms with Gasteiger partial charge in [-0.25, -0.2) is 0 Å². The Morgan fingerprint density at radius 2 is 2.26 bits per heavy atom. The van der Waals surface area contributed by atoms with E-state index in [-0.39, 0.29) is 6.10 Å². The first-order valence-corrected chi connectivity index (χ1v) is 7.71. The van der Waals surface area contributed by atoms with Gasteiger partial charge in [0.15, 0.2) is 0 Å². The van der Waals surface area contributed by atoms with Crippen molar-refractivity contribution in [2.75, 3.05) is 19.8 Å². The van der Waals surface area contributed by atoms with E-state index in [4.69, 9.17) is 9.47 Å². The lowest BCUT2D eigenvalue weighted by Crippen LogP contribution is -2.16. The van der Waals surface area contributed by atoms with Gasteiger partial charge in [-0.1, -0.05) is 15.9 Å². The zero-order valence-electron chi connectivity index (χ0n) is 10.9. The van der Waals surface area contributed by atoms with E-state index in [1.807, 2.05) is 0 Å². The third kappa shape index (κ3) is 3.12. The largest absolute Gasteiger partial charge is 0.493 e. The number of ether oxygens (including phenoxy) is 2. The van der Waals surface area contributed by atoms with Crippen LogP contribution in [0, 0.1) is 5.92 Å². The minimum absolute atomic E-state index is 0.311. The van der Waals surface area contributed by atoms with Gasteiger partial charge in [-0.15, -0.1) is 0 Å². The first-order valence-electron chi connectivity index (χ1n) is 6.92. The standard InChI is InChI=1S/C15H19BrO3/c16-13-6-11-2-4-19-15(11)12(7-13)8-14(17)5-10-1-3-18-9-10/h6-7,10,14,17H,1-5,8-9H2. The van der Waals surface area contributed by atoms with Crippen molar-refractivity contribution in [2.24, 2.45) is 5.92 Å². The minimum atomic E-state index is -0.311. The molecule has 0 radical (unpaired) electrons. The predicted octanol–water partition coefficient (Wildman–Crippen LogP) is 2.71. The maximum Gasteiger partial charge on any atom is 0.125 e. The van der Waals surface area contributed by atoms with Crippen molar-refractivity contribution in [2.45, 2.75) is 31.8 Å². The number of halogens is 1. The van der Waals surface area contributed by atoms with E-state index in [2.05, 4.69) is 28.1 Å². The van der Waals surface area contributed by atoms with Crippen LogP contribution in [-0.2, 0) is 17.6 Å². The van der Waals surface area contributed by atoms with E-state index in [1.54, 1.807) is 0 Å². The molecule has 0 aromatic heterocycles. The second-order valence-corrected chi connectivity index (χ2v) is 6.39. The summed E-state index contributed by atoms with van der Waals surface area (Å²) in [5.41, 5.74) is 2.37. The van der Waals surface area contributed by atoms with Gasteiger partial charge in [0, 0.05) is 30.5 Å². The van der Waals surface area contributed by atoms with Crippen LogP contribution in [0.25, 0.3) is 0 Å². The van der Waals surface area contributed by atoms with Gasteiger partial charge in [0.05, 0.1) is 12.7 Å². The Labute approximate surface area is 122 Å². The minimum Gasteiger partial charge on any atom is -0.493 e. The Balaban J connectivity index is 1.68. The number of hydrogen-bond donors (Lipinski definition) is 1. The van der Waals surface area contributed by atoms with E-state index in [9.17, 15) is 5.11 Å². The molecule has 1 aromatic carbocycles. The summed E-state index contributed by atoms with van der Waals surface area (Å²) in [6.07, 6.45) is 3.22. The maximum atomic E-state index is 10.3. The third-order valence-corrected chi connectivity index (χ3v) is 4.37. The van der Waals surface area contributed by atoms with Crippen molar-refractivity contribution in [1.82, 2.24) is 0 Å². The average molecular weight is 327 g/mol. The first kappa shape index (κ1) is 13.4. The molecular weight excluding hydrogens is 308 g/mol. The second-order valence-electron chi connectivity index (χ2n) is 5.47. The van der Waals surface area contributed by atoms with Crippen molar-refractivity contribution in [1.29, 1.82) is 0 Å². The molecule has 0 amide bonds. The van der Waals surface area contributed by atoms with Gasteiger partial charge < -0.3 is 14.6 Å². The molecule has 2 unspecified atom stereocenters. The fraction of sp³-hybridized carbons (Fsp3) is 0.600. The Morgan fingerprint density at radius 1 is 1.37 bits per heavy atom. The van der Waals surface area contributed by atoms with Gasteiger partial charge in [0.1, 0.15) is 5.75 Å². The Kier molecular flexibility index (Phi) is 4.10. The van der Waals surface area contributed by atoms with E-state index in [1.165, 1.54) is 5.56 Å². The molecule has 0 spiro atoms. The average Bonchev–Trinajstić information content (AvgIpc) is 2.99. The van der Waals surface area contributed by atoms with Crippen LogP contribution in [0.15, 0.2) is 16.6 Å². The molecule has 3 rings (SSSR count). The van der Waals surface area contributed by atoms with Crippen LogP contribution >= 0.6 is 15.9 Å². The molecule has 0 aliphatic carbocycles. The van der Waals surface area contributed by atoms with Crippen molar-refractivity contribution in [3.05, 3.63) is 27.7 Å². The highest BCUT2D eigenvalue weighted by Gasteiger charge is 2.23.